The van der Waals surface area contributed by atoms with Gasteiger partial charge in [-0.25, -0.2) is 5.43 Å². The Morgan fingerprint density at radius 2 is 1.15 bits per heavy atom. The van der Waals surface area contributed by atoms with Crippen LogP contribution < -0.4 is 5.43 Å². The highest BCUT2D eigenvalue weighted by atomic mass is 16.2. The van der Waals surface area contributed by atoms with Gasteiger partial charge in [0.2, 0.25) is 0 Å². The summed E-state index contributed by atoms with van der Waals surface area (Å²) in [5, 5.41) is 6.57. The van der Waals surface area contributed by atoms with E-state index in [4.69, 9.17) is 0 Å². The van der Waals surface area contributed by atoms with Gasteiger partial charge in [-0.15, -0.1) is 0 Å². The average Bonchev–Trinajstić information content (AvgIpc) is 2.75. The molecule has 4 aromatic carbocycles. The minimum atomic E-state index is -0.231. The predicted molar refractivity (Wildman–Crippen MR) is 110 cm³/mol. The normalized spacial score (nSPS) is 10.4. The third-order valence-corrected chi connectivity index (χ3v) is 4.38. The minimum absolute atomic E-state index is 0.231. The smallest absolute Gasteiger partial charge is 0.267 e. The summed E-state index contributed by atoms with van der Waals surface area (Å²) >= 11 is 0. The molecule has 4 rings (SSSR count). The van der Waals surface area contributed by atoms with Gasteiger partial charge in [0.15, 0.2) is 0 Å². The third-order valence-electron chi connectivity index (χ3n) is 4.38. The molecule has 0 saturated heterocycles. The van der Waals surface area contributed by atoms with Crippen LogP contribution in [0.3, 0.4) is 0 Å². The molecule has 0 radical (unpaired) electrons. The van der Waals surface area contributed by atoms with Crippen LogP contribution in [0.2, 0.25) is 0 Å². The van der Waals surface area contributed by atoms with Crippen molar-refractivity contribution in [2.45, 2.75) is 0 Å². The van der Waals surface area contributed by atoms with Crippen molar-refractivity contribution in [3.8, 4) is 0 Å². The van der Waals surface area contributed by atoms with Crippen molar-refractivity contribution < 1.29 is 4.79 Å². The Balaban J connectivity index is 1.65. The van der Waals surface area contributed by atoms with Crippen LogP contribution in [0, 0.1) is 0 Å². The standard InChI is InChI=1S/C24H18N2O/c27-24(22-16-15-18-9-7-8-14-21(18)17-22)26-25-23(19-10-3-1-4-11-19)20-12-5-2-6-13-20/h1-17H,(H,26,27). The number of fused-ring (bicyclic) bond motifs is 1. The summed E-state index contributed by atoms with van der Waals surface area (Å²) in [5.74, 6) is -0.231. The zero-order valence-corrected chi connectivity index (χ0v) is 14.7. The van der Waals surface area contributed by atoms with Crippen molar-refractivity contribution >= 4 is 22.4 Å². The van der Waals surface area contributed by atoms with Crippen LogP contribution in [0.1, 0.15) is 21.5 Å². The van der Waals surface area contributed by atoms with Gasteiger partial charge < -0.3 is 0 Å². The molecule has 0 aliphatic rings. The van der Waals surface area contributed by atoms with Crippen LogP contribution in [0.25, 0.3) is 10.8 Å². The summed E-state index contributed by atoms with van der Waals surface area (Å²) in [7, 11) is 0. The van der Waals surface area contributed by atoms with Gasteiger partial charge in [0, 0.05) is 16.7 Å². The molecule has 3 heteroatoms. The van der Waals surface area contributed by atoms with E-state index in [0.717, 1.165) is 27.6 Å². The van der Waals surface area contributed by atoms with E-state index in [-0.39, 0.29) is 5.91 Å². The van der Waals surface area contributed by atoms with Gasteiger partial charge in [-0.05, 0) is 22.9 Å². The molecule has 0 unspecified atom stereocenters. The number of hydrogen-bond donors (Lipinski definition) is 1. The number of carbonyl (C=O) groups is 1. The van der Waals surface area contributed by atoms with Gasteiger partial charge in [0.25, 0.3) is 5.91 Å². The van der Waals surface area contributed by atoms with Crippen molar-refractivity contribution in [2.24, 2.45) is 5.10 Å². The molecular formula is C24H18N2O. The molecule has 0 spiro atoms. The molecule has 0 aliphatic carbocycles. The summed E-state index contributed by atoms with van der Waals surface area (Å²) in [6, 6.07) is 33.3. The quantitative estimate of drug-likeness (QED) is 0.407. The zero-order valence-electron chi connectivity index (χ0n) is 14.7. The van der Waals surface area contributed by atoms with Crippen molar-refractivity contribution in [3.63, 3.8) is 0 Å². The van der Waals surface area contributed by atoms with E-state index in [1.54, 1.807) is 0 Å². The highest BCUT2D eigenvalue weighted by Gasteiger charge is 2.09. The Labute approximate surface area is 158 Å². The zero-order chi connectivity index (χ0) is 18.5. The van der Waals surface area contributed by atoms with Gasteiger partial charge in [-0.3, -0.25) is 4.79 Å². The Hall–Kier alpha value is -3.72. The second-order valence-corrected chi connectivity index (χ2v) is 6.20. The Bertz CT molecular complexity index is 1060. The molecule has 0 bridgehead atoms. The number of amides is 1. The van der Waals surface area contributed by atoms with E-state index in [1.165, 1.54) is 0 Å². The molecule has 1 amide bonds. The molecule has 0 heterocycles. The maximum absolute atomic E-state index is 12.6. The molecular weight excluding hydrogens is 332 g/mol. The predicted octanol–water partition coefficient (Wildman–Crippen LogP) is 5.02. The van der Waals surface area contributed by atoms with Gasteiger partial charge in [-0.2, -0.15) is 5.10 Å². The lowest BCUT2D eigenvalue weighted by Crippen LogP contribution is -2.20. The number of hydrogen-bond acceptors (Lipinski definition) is 2. The maximum atomic E-state index is 12.6. The van der Waals surface area contributed by atoms with E-state index in [0.29, 0.717) is 5.56 Å². The Kier molecular flexibility index (Phi) is 4.75. The number of rotatable bonds is 4. The van der Waals surface area contributed by atoms with Gasteiger partial charge >= 0.3 is 0 Å². The number of nitrogens with one attached hydrogen (secondary N) is 1. The van der Waals surface area contributed by atoms with Crippen molar-refractivity contribution in [1.29, 1.82) is 0 Å². The summed E-state index contributed by atoms with van der Waals surface area (Å²) < 4.78 is 0. The van der Waals surface area contributed by atoms with Crippen LogP contribution in [-0.4, -0.2) is 11.6 Å². The second kappa shape index (κ2) is 7.67. The van der Waals surface area contributed by atoms with Crippen LogP contribution in [0.15, 0.2) is 108 Å². The largest absolute Gasteiger partial charge is 0.271 e. The van der Waals surface area contributed by atoms with Crippen molar-refractivity contribution in [3.05, 3.63) is 120 Å². The third kappa shape index (κ3) is 3.77. The van der Waals surface area contributed by atoms with Crippen LogP contribution in [0.5, 0.6) is 0 Å². The summed E-state index contributed by atoms with van der Waals surface area (Å²) in [6.07, 6.45) is 0. The van der Waals surface area contributed by atoms with E-state index < -0.39 is 0 Å². The van der Waals surface area contributed by atoms with Crippen molar-refractivity contribution in [1.82, 2.24) is 5.43 Å². The first kappa shape index (κ1) is 16.7. The Morgan fingerprint density at radius 3 is 1.78 bits per heavy atom. The highest BCUT2D eigenvalue weighted by molar-refractivity contribution is 6.13. The summed E-state index contributed by atoms with van der Waals surface area (Å²) in [4.78, 5) is 12.6. The first-order valence-corrected chi connectivity index (χ1v) is 8.79. The van der Waals surface area contributed by atoms with Crippen LogP contribution in [0.4, 0.5) is 0 Å². The average molecular weight is 350 g/mol. The second-order valence-electron chi connectivity index (χ2n) is 6.20. The molecule has 0 saturated carbocycles. The molecule has 0 aromatic heterocycles. The van der Waals surface area contributed by atoms with Crippen molar-refractivity contribution in [2.75, 3.05) is 0 Å². The molecule has 130 valence electrons. The van der Waals surface area contributed by atoms with E-state index >= 15 is 0 Å². The lowest BCUT2D eigenvalue weighted by Gasteiger charge is -2.08. The number of hydrazone groups is 1. The molecule has 0 atom stereocenters. The fourth-order valence-electron chi connectivity index (χ4n) is 2.99. The first-order valence-electron chi connectivity index (χ1n) is 8.79. The summed E-state index contributed by atoms with van der Waals surface area (Å²) in [5.41, 5.74) is 5.91. The first-order chi connectivity index (χ1) is 13.3. The number of carbonyl (C=O) groups excluding carboxylic acids is 1. The number of benzene rings is 4. The number of nitrogens with zero attached hydrogens (tertiary/aromatic N) is 1. The molecule has 0 aliphatic heterocycles. The molecule has 4 aromatic rings. The fourth-order valence-corrected chi connectivity index (χ4v) is 2.99. The molecule has 3 nitrogen and oxygen atoms in total. The maximum Gasteiger partial charge on any atom is 0.271 e. The van der Waals surface area contributed by atoms with Gasteiger partial charge in [0.1, 0.15) is 0 Å². The molecule has 0 fully saturated rings. The monoisotopic (exact) mass is 350 g/mol. The van der Waals surface area contributed by atoms with Crippen LogP contribution in [-0.2, 0) is 0 Å². The lowest BCUT2D eigenvalue weighted by atomic mass is 10.0. The molecule has 27 heavy (non-hydrogen) atoms. The Morgan fingerprint density at radius 1 is 0.593 bits per heavy atom. The van der Waals surface area contributed by atoms with E-state index in [9.17, 15) is 4.79 Å². The lowest BCUT2D eigenvalue weighted by molar-refractivity contribution is 0.0955. The van der Waals surface area contributed by atoms with E-state index in [1.807, 2.05) is 103 Å². The van der Waals surface area contributed by atoms with Gasteiger partial charge in [-0.1, -0.05) is 91.0 Å². The van der Waals surface area contributed by atoms with Gasteiger partial charge in [0.05, 0.1) is 5.71 Å². The minimum Gasteiger partial charge on any atom is -0.267 e. The summed E-state index contributed by atoms with van der Waals surface area (Å²) in [6.45, 7) is 0. The molecule has 1 N–H and O–H groups in total. The van der Waals surface area contributed by atoms with E-state index in [2.05, 4.69) is 10.5 Å². The fraction of sp³-hybridized carbons (Fsp3) is 0. The topological polar surface area (TPSA) is 41.5 Å². The SMILES string of the molecule is O=C(NN=C(c1ccccc1)c1ccccc1)c1ccc2ccccc2c1. The highest BCUT2D eigenvalue weighted by Crippen LogP contribution is 2.16. The van der Waals surface area contributed by atoms with Crippen LogP contribution >= 0.6 is 0 Å².